The van der Waals surface area contributed by atoms with E-state index in [1.165, 1.54) is 0 Å². The molecule has 9 radical (unpaired) electrons. The standard InChI is InChI=1S/C3H5O6SSi3/c4-10(5,6)2-1-3(7-11,8-12)9-13/h1-2H2,(H,4,5,6). The first-order valence-corrected chi connectivity index (χ1v) is 5.72. The fourth-order valence-electron chi connectivity index (χ4n) is 0.470. The lowest BCUT2D eigenvalue weighted by atomic mass is 10.4. The Morgan fingerprint density at radius 2 is 1.54 bits per heavy atom. The van der Waals surface area contributed by atoms with Crippen LogP contribution in [0.1, 0.15) is 6.42 Å². The Morgan fingerprint density at radius 1 is 1.15 bits per heavy atom. The third-order valence-electron chi connectivity index (χ3n) is 1.13. The van der Waals surface area contributed by atoms with Gasteiger partial charge >= 0.3 is 0 Å². The maximum absolute atomic E-state index is 10.4. The summed E-state index contributed by atoms with van der Waals surface area (Å²) >= 11 is 0. The summed E-state index contributed by atoms with van der Waals surface area (Å²) in [6.07, 6.45) is -0.248. The molecular weight excluding hydrogens is 248 g/mol. The summed E-state index contributed by atoms with van der Waals surface area (Å²) in [5, 5.41) is 0. The zero-order valence-electron chi connectivity index (χ0n) is 6.31. The van der Waals surface area contributed by atoms with Gasteiger partial charge in [-0.05, 0) is 0 Å². The van der Waals surface area contributed by atoms with E-state index < -0.39 is 21.8 Å². The molecular formula is C3H5O6SSi3. The van der Waals surface area contributed by atoms with Gasteiger partial charge in [0.25, 0.3) is 47.5 Å². The lowest BCUT2D eigenvalue weighted by molar-refractivity contribution is -0.249. The Labute approximate surface area is 86.3 Å². The van der Waals surface area contributed by atoms with Crippen LogP contribution >= 0.6 is 0 Å². The summed E-state index contributed by atoms with van der Waals surface area (Å²) in [4.78, 5) is 0. The van der Waals surface area contributed by atoms with Gasteiger partial charge in [-0.2, -0.15) is 8.42 Å². The smallest absolute Gasteiger partial charge is 0.265 e. The van der Waals surface area contributed by atoms with Crippen LogP contribution in [0.15, 0.2) is 0 Å². The Hall–Kier alpha value is 0.441. The lowest BCUT2D eigenvalue weighted by Crippen LogP contribution is -2.39. The summed E-state index contributed by atoms with van der Waals surface area (Å²) in [5.41, 5.74) is 0. The zero-order valence-corrected chi connectivity index (χ0v) is 10.1. The largest absolute Gasteiger partial charge is 0.372 e. The molecule has 0 saturated carbocycles. The average molecular weight is 253 g/mol. The molecule has 0 fully saturated rings. The van der Waals surface area contributed by atoms with E-state index in [-0.39, 0.29) is 6.42 Å². The van der Waals surface area contributed by atoms with E-state index in [4.69, 9.17) is 4.55 Å². The highest BCUT2D eigenvalue weighted by Crippen LogP contribution is 2.16. The van der Waals surface area contributed by atoms with Gasteiger partial charge < -0.3 is 13.3 Å². The van der Waals surface area contributed by atoms with Crippen molar-refractivity contribution in [2.45, 2.75) is 12.4 Å². The lowest BCUT2D eigenvalue weighted by Gasteiger charge is -2.29. The van der Waals surface area contributed by atoms with Gasteiger partial charge in [0.1, 0.15) is 0 Å². The van der Waals surface area contributed by atoms with Crippen molar-refractivity contribution in [3.05, 3.63) is 0 Å². The second-order valence-electron chi connectivity index (χ2n) is 2.03. The van der Waals surface area contributed by atoms with Gasteiger partial charge in [0.05, 0.1) is 5.75 Å². The van der Waals surface area contributed by atoms with Gasteiger partial charge in [-0.25, -0.2) is 0 Å². The van der Waals surface area contributed by atoms with Crippen molar-refractivity contribution in [1.29, 1.82) is 0 Å². The van der Waals surface area contributed by atoms with Crippen molar-refractivity contribution in [1.82, 2.24) is 0 Å². The van der Waals surface area contributed by atoms with E-state index in [1.54, 1.807) is 0 Å². The highest BCUT2D eigenvalue weighted by atomic mass is 32.2. The molecule has 0 aromatic heterocycles. The molecule has 0 aromatic carbocycles. The van der Waals surface area contributed by atoms with Gasteiger partial charge in [-0.3, -0.25) is 4.55 Å². The van der Waals surface area contributed by atoms with Gasteiger partial charge in [-0.15, -0.1) is 0 Å². The minimum atomic E-state index is -4.09. The summed E-state index contributed by atoms with van der Waals surface area (Å²) < 4.78 is 42.7. The summed E-state index contributed by atoms with van der Waals surface area (Å²) in [5.74, 6) is -2.24. The number of rotatable bonds is 6. The summed E-state index contributed by atoms with van der Waals surface area (Å²) in [6.45, 7) is 0. The van der Waals surface area contributed by atoms with Crippen molar-refractivity contribution in [2.75, 3.05) is 5.75 Å². The first-order chi connectivity index (χ1) is 5.89. The molecule has 0 heterocycles. The van der Waals surface area contributed by atoms with Crippen LogP contribution in [0.2, 0.25) is 0 Å². The third kappa shape index (κ3) is 5.02. The van der Waals surface area contributed by atoms with E-state index in [0.717, 1.165) is 0 Å². The van der Waals surface area contributed by atoms with Crippen LogP contribution in [0, 0.1) is 0 Å². The molecule has 1 N–H and O–H groups in total. The molecule has 0 atom stereocenters. The molecule has 6 nitrogen and oxygen atoms in total. The van der Waals surface area contributed by atoms with Crippen molar-refractivity contribution in [3.8, 4) is 0 Å². The highest BCUT2D eigenvalue weighted by molar-refractivity contribution is 7.85. The molecule has 0 spiro atoms. The average Bonchev–Trinajstić information content (AvgIpc) is 2.06. The third-order valence-corrected chi connectivity index (χ3v) is 2.79. The first-order valence-electron chi connectivity index (χ1n) is 2.88. The molecule has 0 amide bonds. The van der Waals surface area contributed by atoms with Crippen LogP contribution in [0.25, 0.3) is 0 Å². The predicted octanol–water partition coefficient (Wildman–Crippen LogP) is -1.78. The van der Waals surface area contributed by atoms with Crippen LogP contribution in [-0.2, 0) is 23.4 Å². The van der Waals surface area contributed by atoms with Crippen LogP contribution in [-0.4, -0.2) is 56.2 Å². The van der Waals surface area contributed by atoms with Crippen molar-refractivity contribution in [3.63, 3.8) is 0 Å². The van der Waals surface area contributed by atoms with Gasteiger partial charge in [0, 0.05) is 6.42 Å². The van der Waals surface area contributed by atoms with E-state index in [1.807, 2.05) is 0 Å². The molecule has 0 saturated heterocycles. The Morgan fingerprint density at radius 3 is 1.77 bits per heavy atom. The SMILES string of the molecule is O=S(=O)(O)CCC(O[Si])(O[Si])O[Si]. The van der Waals surface area contributed by atoms with Crippen molar-refractivity contribution < 1.29 is 26.2 Å². The topological polar surface area (TPSA) is 82.1 Å². The highest BCUT2D eigenvalue weighted by Gasteiger charge is 2.30. The molecule has 0 aromatic rings. The van der Waals surface area contributed by atoms with Crippen molar-refractivity contribution >= 4 is 41.6 Å². The molecule has 71 valence electrons. The van der Waals surface area contributed by atoms with Crippen LogP contribution in [0.3, 0.4) is 0 Å². The Bertz CT molecular complexity index is 227. The fourth-order valence-corrected chi connectivity index (χ4v) is 1.78. The Balaban J connectivity index is 4.27. The van der Waals surface area contributed by atoms with E-state index in [9.17, 15) is 8.42 Å². The molecule has 0 aliphatic rings. The molecule has 0 aliphatic heterocycles. The minimum absolute atomic E-state index is 0.248. The predicted molar refractivity (Wildman–Crippen MR) is 44.3 cm³/mol. The monoisotopic (exact) mass is 253 g/mol. The van der Waals surface area contributed by atoms with E-state index in [2.05, 4.69) is 44.7 Å². The minimum Gasteiger partial charge on any atom is -0.372 e. The van der Waals surface area contributed by atoms with Crippen molar-refractivity contribution in [2.24, 2.45) is 0 Å². The number of hydrogen-bond donors (Lipinski definition) is 1. The van der Waals surface area contributed by atoms with Crippen LogP contribution in [0.4, 0.5) is 0 Å². The van der Waals surface area contributed by atoms with Crippen LogP contribution in [0.5, 0.6) is 0 Å². The van der Waals surface area contributed by atoms with E-state index in [0.29, 0.717) is 0 Å². The number of hydrogen-bond acceptors (Lipinski definition) is 5. The van der Waals surface area contributed by atoms with Gasteiger partial charge in [0.2, 0.25) is 0 Å². The normalized spacial score (nSPS) is 13.2. The van der Waals surface area contributed by atoms with E-state index >= 15 is 0 Å². The quantitative estimate of drug-likeness (QED) is 0.342. The maximum Gasteiger partial charge on any atom is 0.265 e. The molecule has 13 heavy (non-hydrogen) atoms. The maximum atomic E-state index is 10.4. The van der Waals surface area contributed by atoms with Gasteiger partial charge in [0.15, 0.2) is 0 Å². The molecule has 10 heteroatoms. The van der Waals surface area contributed by atoms with Crippen LogP contribution < -0.4 is 0 Å². The second-order valence-corrected chi connectivity index (χ2v) is 4.21. The van der Waals surface area contributed by atoms with Gasteiger partial charge in [-0.1, -0.05) is 0 Å². The molecule has 0 bridgehead atoms. The fraction of sp³-hybridized carbons (Fsp3) is 1.00. The summed E-state index contributed by atoms with van der Waals surface area (Å²) in [7, 11) is 3.77. The summed E-state index contributed by atoms with van der Waals surface area (Å²) in [6, 6.07) is 0. The molecule has 0 aliphatic carbocycles. The molecule has 0 unspecified atom stereocenters. The zero-order chi connectivity index (χ0) is 10.5. The molecule has 0 rings (SSSR count). The Kier molecular flexibility index (Phi) is 5.53. The first kappa shape index (κ1) is 13.4. The second kappa shape index (κ2) is 5.35.